The second-order valence-electron chi connectivity index (χ2n) is 3.89. The molecule has 0 aromatic carbocycles. The SMILES string of the molecule is CCC(C)C(C)Nc1ccnc(NN)c1. The number of hydrazine groups is 1. The van der Waals surface area contributed by atoms with Crippen LogP contribution in [0.5, 0.6) is 0 Å². The second kappa shape index (κ2) is 5.56. The van der Waals surface area contributed by atoms with E-state index < -0.39 is 0 Å². The minimum atomic E-state index is 0.447. The third-order valence-electron chi connectivity index (χ3n) is 2.80. The first kappa shape index (κ1) is 11.8. The molecule has 0 aliphatic rings. The van der Waals surface area contributed by atoms with Gasteiger partial charge in [0.25, 0.3) is 0 Å². The first-order chi connectivity index (χ1) is 7.17. The number of nitrogen functional groups attached to an aromatic ring is 1. The van der Waals surface area contributed by atoms with Crippen LogP contribution in [0.15, 0.2) is 18.3 Å². The summed E-state index contributed by atoms with van der Waals surface area (Å²) in [4.78, 5) is 4.05. The van der Waals surface area contributed by atoms with Crippen molar-refractivity contribution in [3.63, 3.8) is 0 Å². The Labute approximate surface area is 91.3 Å². The van der Waals surface area contributed by atoms with E-state index in [0.717, 1.165) is 5.69 Å². The molecule has 4 nitrogen and oxygen atoms in total. The number of anilines is 2. The van der Waals surface area contributed by atoms with Crippen LogP contribution < -0.4 is 16.6 Å². The summed E-state index contributed by atoms with van der Waals surface area (Å²) < 4.78 is 0. The zero-order chi connectivity index (χ0) is 11.3. The molecule has 1 aromatic rings. The molecule has 1 rings (SSSR count). The molecule has 1 heterocycles. The van der Waals surface area contributed by atoms with Crippen LogP contribution >= 0.6 is 0 Å². The first-order valence-corrected chi connectivity index (χ1v) is 5.36. The molecule has 4 heteroatoms. The lowest BCUT2D eigenvalue weighted by molar-refractivity contribution is 0.494. The summed E-state index contributed by atoms with van der Waals surface area (Å²) in [6.07, 6.45) is 2.90. The highest BCUT2D eigenvalue weighted by molar-refractivity contribution is 5.51. The Bertz CT molecular complexity index is 300. The molecular formula is C11H20N4. The summed E-state index contributed by atoms with van der Waals surface area (Å²) in [7, 11) is 0. The van der Waals surface area contributed by atoms with Gasteiger partial charge in [-0.2, -0.15) is 0 Å². The van der Waals surface area contributed by atoms with E-state index in [1.165, 1.54) is 6.42 Å². The molecule has 0 aliphatic carbocycles. The van der Waals surface area contributed by atoms with Crippen molar-refractivity contribution < 1.29 is 0 Å². The maximum absolute atomic E-state index is 5.30. The fraction of sp³-hybridized carbons (Fsp3) is 0.545. The zero-order valence-corrected chi connectivity index (χ0v) is 9.62. The van der Waals surface area contributed by atoms with Crippen molar-refractivity contribution >= 4 is 11.5 Å². The lowest BCUT2D eigenvalue weighted by Crippen LogP contribution is -2.23. The number of aromatic nitrogens is 1. The normalized spacial score (nSPS) is 14.4. The maximum atomic E-state index is 5.30. The Morgan fingerprint density at radius 3 is 2.80 bits per heavy atom. The molecule has 4 N–H and O–H groups in total. The van der Waals surface area contributed by atoms with Crippen LogP contribution in [0.4, 0.5) is 11.5 Å². The minimum Gasteiger partial charge on any atom is -0.382 e. The van der Waals surface area contributed by atoms with E-state index >= 15 is 0 Å². The van der Waals surface area contributed by atoms with Gasteiger partial charge in [0.1, 0.15) is 5.82 Å². The molecule has 15 heavy (non-hydrogen) atoms. The second-order valence-corrected chi connectivity index (χ2v) is 3.89. The zero-order valence-electron chi connectivity index (χ0n) is 9.62. The third kappa shape index (κ3) is 3.40. The van der Waals surface area contributed by atoms with Gasteiger partial charge in [0, 0.05) is 24.0 Å². The van der Waals surface area contributed by atoms with Gasteiger partial charge in [-0.25, -0.2) is 10.8 Å². The van der Waals surface area contributed by atoms with Gasteiger partial charge in [0.2, 0.25) is 0 Å². The molecule has 0 fully saturated rings. The summed E-state index contributed by atoms with van der Waals surface area (Å²) in [6.45, 7) is 6.62. The van der Waals surface area contributed by atoms with Crippen LogP contribution in [0.2, 0.25) is 0 Å². The monoisotopic (exact) mass is 208 g/mol. The summed E-state index contributed by atoms with van der Waals surface area (Å²) >= 11 is 0. The molecule has 1 aromatic heterocycles. The maximum Gasteiger partial charge on any atom is 0.141 e. The van der Waals surface area contributed by atoms with Crippen LogP contribution in [0.1, 0.15) is 27.2 Å². The Morgan fingerprint density at radius 1 is 1.47 bits per heavy atom. The van der Waals surface area contributed by atoms with Crippen molar-refractivity contribution in [2.24, 2.45) is 11.8 Å². The fourth-order valence-corrected chi connectivity index (χ4v) is 1.36. The summed E-state index contributed by atoms with van der Waals surface area (Å²) in [5, 5.41) is 3.43. The standard InChI is InChI=1S/C11H20N4/c1-4-8(2)9(3)14-10-5-6-13-11(7-10)15-12/h5-9H,4,12H2,1-3H3,(H2,13,14,15). The molecule has 2 atom stereocenters. The van der Waals surface area contributed by atoms with Gasteiger partial charge in [0.15, 0.2) is 0 Å². The Balaban J connectivity index is 2.63. The average molecular weight is 208 g/mol. The molecule has 0 radical (unpaired) electrons. The topological polar surface area (TPSA) is 63.0 Å². The number of hydrogen-bond acceptors (Lipinski definition) is 4. The van der Waals surface area contributed by atoms with Crippen molar-refractivity contribution in [1.82, 2.24) is 4.98 Å². The van der Waals surface area contributed by atoms with E-state index in [1.807, 2.05) is 12.1 Å². The number of hydrogen-bond donors (Lipinski definition) is 3. The third-order valence-corrected chi connectivity index (χ3v) is 2.80. The van der Waals surface area contributed by atoms with Crippen LogP contribution in [0.3, 0.4) is 0 Å². The van der Waals surface area contributed by atoms with Crippen molar-refractivity contribution in [1.29, 1.82) is 0 Å². The molecule has 0 amide bonds. The van der Waals surface area contributed by atoms with Crippen molar-refractivity contribution in [3.8, 4) is 0 Å². The molecule has 84 valence electrons. The molecular weight excluding hydrogens is 188 g/mol. The van der Waals surface area contributed by atoms with E-state index in [-0.39, 0.29) is 0 Å². The van der Waals surface area contributed by atoms with Gasteiger partial charge in [0.05, 0.1) is 0 Å². The van der Waals surface area contributed by atoms with E-state index in [0.29, 0.717) is 17.8 Å². The molecule has 0 aliphatic heterocycles. The van der Waals surface area contributed by atoms with Crippen molar-refractivity contribution in [3.05, 3.63) is 18.3 Å². The van der Waals surface area contributed by atoms with Crippen LogP contribution in [-0.2, 0) is 0 Å². The predicted molar refractivity (Wildman–Crippen MR) is 64.6 cm³/mol. The molecule has 0 spiro atoms. The van der Waals surface area contributed by atoms with Gasteiger partial charge >= 0.3 is 0 Å². The van der Waals surface area contributed by atoms with Crippen molar-refractivity contribution in [2.45, 2.75) is 33.2 Å². The summed E-state index contributed by atoms with van der Waals surface area (Å²) in [6, 6.07) is 4.29. The van der Waals surface area contributed by atoms with Crippen LogP contribution in [0.25, 0.3) is 0 Å². The number of nitrogens with two attached hydrogens (primary N) is 1. The highest BCUT2D eigenvalue weighted by Gasteiger charge is 2.09. The van der Waals surface area contributed by atoms with Gasteiger partial charge in [-0.1, -0.05) is 20.3 Å². The van der Waals surface area contributed by atoms with E-state index in [9.17, 15) is 0 Å². The van der Waals surface area contributed by atoms with E-state index in [2.05, 4.69) is 36.5 Å². The molecule has 2 unspecified atom stereocenters. The Kier molecular flexibility index (Phi) is 4.37. The summed E-state index contributed by atoms with van der Waals surface area (Å²) in [5.41, 5.74) is 3.58. The van der Waals surface area contributed by atoms with Gasteiger partial charge in [-0.15, -0.1) is 0 Å². The molecule has 0 bridgehead atoms. The fourth-order valence-electron chi connectivity index (χ4n) is 1.36. The molecule has 0 saturated carbocycles. The molecule has 0 saturated heterocycles. The lowest BCUT2D eigenvalue weighted by atomic mass is 10.0. The minimum absolute atomic E-state index is 0.447. The van der Waals surface area contributed by atoms with Gasteiger partial charge in [-0.3, -0.25) is 0 Å². The van der Waals surface area contributed by atoms with Crippen LogP contribution in [0, 0.1) is 5.92 Å². The van der Waals surface area contributed by atoms with Gasteiger partial charge in [-0.05, 0) is 18.9 Å². The Morgan fingerprint density at radius 2 is 2.20 bits per heavy atom. The van der Waals surface area contributed by atoms with E-state index in [4.69, 9.17) is 5.84 Å². The highest BCUT2D eigenvalue weighted by atomic mass is 15.2. The number of rotatable bonds is 5. The summed E-state index contributed by atoms with van der Waals surface area (Å²) in [5.74, 6) is 6.62. The quantitative estimate of drug-likeness (QED) is 0.513. The number of pyridine rings is 1. The van der Waals surface area contributed by atoms with Gasteiger partial charge < -0.3 is 10.7 Å². The van der Waals surface area contributed by atoms with E-state index in [1.54, 1.807) is 6.20 Å². The Hall–Kier alpha value is -1.29. The van der Waals surface area contributed by atoms with Crippen molar-refractivity contribution in [2.75, 3.05) is 10.7 Å². The largest absolute Gasteiger partial charge is 0.382 e. The lowest BCUT2D eigenvalue weighted by Gasteiger charge is -2.21. The first-order valence-electron chi connectivity index (χ1n) is 5.36. The smallest absolute Gasteiger partial charge is 0.141 e. The average Bonchev–Trinajstić information content (AvgIpc) is 2.28. The number of nitrogens with zero attached hydrogens (tertiary/aromatic N) is 1. The highest BCUT2D eigenvalue weighted by Crippen LogP contribution is 2.16. The number of nitrogens with one attached hydrogen (secondary N) is 2. The van der Waals surface area contributed by atoms with Crippen LogP contribution in [-0.4, -0.2) is 11.0 Å². The predicted octanol–water partition coefficient (Wildman–Crippen LogP) is 2.21.